The van der Waals surface area contributed by atoms with Crippen molar-refractivity contribution in [2.75, 3.05) is 16.2 Å². The molecule has 4 aromatic carbocycles. The summed E-state index contributed by atoms with van der Waals surface area (Å²) in [4.78, 5) is -0.285. The van der Waals surface area contributed by atoms with Crippen LogP contribution in [0.4, 0.5) is 22.7 Å². The number of nitrogens with one attached hydrogen (secondary N) is 1. The number of phenolic OH excluding ortho intramolecular Hbond substituents is 1. The summed E-state index contributed by atoms with van der Waals surface area (Å²) >= 11 is 0. The van der Waals surface area contributed by atoms with E-state index in [1.165, 1.54) is 11.1 Å². The Bertz CT molecular complexity index is 1380. The Morgan fingerprint density at radius 2 is 1.61 bits per heavy atom. The Morgan fingerprint density at radius 3 is 2.32 bits per heavy atom. The van der Waals surface area contributed by atoms with Crippen LogP contribution in [0.25, 0.3) is 10.8 Å². The number of rotatable bonds is 5. The summed E-state index contributed by atoms with van der Waals surface area (Å²) in [5.74, 6) is 0.0296. The Kier molecular flexibility index (Phi) is 5.18. The number of aromatic hydroxyl groups is 1. The second-order valence-electron chi connectivity index (χ2n) is 7.13. The van der Waals surface area contributed by atoms with Gasteiger partial charge in [0.05, 0.1) is 22.7 Å². The van der Waals surface area contributed by atoms with Crippen LogP contribution in [0.2, 0.25) is 0 Å². The molecule has 5 N–H and O–H groups in total. The molecule has 0 bridgehead atoms. The van der Waals surface area contributed by atoms with Gasteiger partial charge in [0.2, 0.25) is 0 Å². The van der Waals surface area contributed by atoms with Crippen LogP contribution in [0.5, 0.6) is 5.75 Å². The number of nitrogens with two attached hydrogens (primary N) is 1. The van der Waals surface area contributed by atoms with Crippen molar-refractivity contribution in [1.82, 2.24) is 0 Å². The van der Waals surface area contributed by atoms with E-state index in [0.717, 1.165) is 10.9 Å². The third-order valence-electron chi connectivity index (χ3n) is 4.93. The van der Waals surface area contributed by atoms with Crippen molar-refractivity contribution in [3.8, 4) is 5.75 Å². The van der Waals surface area contributed by atoms with E-state index in [0.29, 0.717) is 22.4 Å². The predicted molar refractivity (Wildman–Crippen MR) is 123 cm³/mol. The van der Waals surface area contributed by atoms with Gasteiger partial charge in [-0.05, 0) is 54.3 Å². The van der Waals surface area contributed by atoms with Crippen molar-refractivity contribution in [3.05, 3.63) is 84.4 Å². The van der Waals surface area contributed by atoms with Gasteiger partial charge < -0.3 is 10.8 Å². The maximum absolute atomic E-state index is 12.2. The monoisotopic (exact) mass is 435 g/mol. The van der Waals surface area contributed by atoms with Crippen LogP contribution >= 0.6 is 0 Å². The van der Waals surface area contributed by atoms with Crippen LogP contribution in [0, 0.1) is 6.92 Å². The van der Waals surface area contributed by atoms with Gasteiger partial charge in [0.1, 0.15) is 10.6 Å². The van der Waals surface area contributed by atoms with Gasteiger partial charge in [-0.3, -0.25) is 15.0 Å². The molecular weight excluding hydrogens is 414 g/mol. The summed E-state index contributed by atoms with van der Waals surface area (Å²) in [7, 11) is -4.54. The van der Waals surface area contributed by atoms with E-state index in [2.05, 4.69) is 5.43 Å². The number of hydrazine groups is 1. The van der Waals surface area contributed by atoms with E-state index >= 15 is 0 Å². The number of benzene rings is 4. The number of nitrogen functional groups attached to an aromatic ring is 1. The normalized spacial score (nSPS) is 11.4. The molecule has 158 valence electrons. The van der Waals surface area contributed by atoms with E-state index in [1.807, 2.05) is 19.1 Å². The molecule has 7 nitrogen and oxygen atoms in total. The van der Waals surface area contributed by atoms with Crippen LogP contribution in [0.1, 0.15) is 5.56 Å². The smallest absolute Gasteiger partial charge is 0.296 e. The molecule has 0 aliphatic carbocycles. The van der Waals surface area contributed by atoms with Crippen molar-refractivity contribution in [2.45, 2.75) is 11.8 Å². The number of anilines is 4. The fourth-order valence-electron chi connectivity index (χ4n) is 3.48. The van der Waals surface area contributed by atoms with Gasteiger partial charge in [0.15, 0.2) is 0 Å². The lowest BCUT2D eigenvalue weighted by Crippen LogP contribution is -2.27. The molecule has 0 heterocycles. The summed E-state index contributed by atoms with van der Waals surface area (Å²) in [6, 6.07) is 22.1. The average molecular weight is 436 g/mol. The van der Waals surface area contributed by atoms with Crippen molar-refractivity contribution in [2.24, 2.45) is 0 Å². The quantitative estimate of drug-likeness (QED) is 0.201. The molecule has 31 heavy (non-hydrogen) atoms. The summed E-state index contributed by atoms with van der Waals surface area (Å²) < 4.78 is 34.2. The van der Waals surface area contributed by atoms with Gasteiger partial charge in [-0.2, -0.15) is 8.42 Å². The zero-order valence-electron chi connectivity index (χ0n) is 16.6. The van der Waals surface area contributed by atoms with Crippen LogP contribution in [-0.4, -0.2) is 18.1 Å². The number of phenols is 1. The van der Waals surface area contributed by atoms with E-state index < -0.39 is 10.1 Å². The second kappa shape index (κ2) is 7.82. The SMILES string of the molecule is Cc1ccc(S(=O)(=O)O)c(N(Nc2ccccc2N)c2cccc3cccc(O)c23)c1. The zero-order valence-corrected chi connectivity index (χ0v) is 17.5. The molecule has 8 heteroatoms. The van der Waals surface area contributed by atoms with Crippen molar-refractivity contribution in [3.63, 3.8) is 0 Å². The molecule has 0 atom stereocenters. The highest BCUT2D eigenvalue weighted by atomic mass is 32.2. The van der Waals surface area contributed by atoms with Crippen molar-refractivity contribution >= 4 is 43.6 Å². The van der Waals surface area contributed by atoms with Gasteiger partial charge in [-0.1, -0.05) is 42.5 Å². The molecule has 4 aromatic rings. The van der Waals surface area contributed by atoms with Crippen molar-refractivity contribution in [1.29, 1.82) is 0 Å². The van der Waals surface area contributed by atoms with Gasteiger partial charge >= 0.3 is 0 Å². The molecule has 0 spiro atoms. The Balaban J connectivity index is 2.04. The molecule has 0 aliphatic rings. The number of hydrogen-bond acceptors (Lipinski definition) is 6. The number of aryl methyl sites for hydroxylation is 1. The number of hydrogen-bond donors (Lipinski definition) is 4. The first-order valence-electron chi connectivity index (χ1n) is 9.46. The van der Waals surface area contributed by atoms with Crippen LogP contribution < -0.4 is 16.2 Å². The minimum atomic E-state index is -4.54. The highest BCUT2D eigenvalue weighted by Crippen LogP contribution is 2.40. The highest BCUT2D eigenvalue weighted by Gasteiger charge is 2.24. The predicted octanol–water partition coefficient (Wildman–Crippen LogP) is 4.85. The molecule has 0 unspecified atom stereocenters. The first kappa shape index (κ1) is 20.5. The van der Waals surface area contributed by atoms with Crippen LogP contribution in [0.15, 0.2) is 83.8 Å². The minimum Gasteiger partial charge on any atom is -0.507 e. The molecule has 0 aromatic heterocycles. The maximum atomic E-state index is 12.2. The third kappa shape index (κ3) is 3.98. The van der Waals surface area contributed by atoms with Gasteiger partial charge in [0, 0.05) is 5.39 Å². The molecule has 0 saturated heterocycles. The molecular formula is C23H21N3O4S. The summed E-state index contributed by atoms with van der Waals surface area (Å²) in [5, 5.41) is 13.4. The lowest BCUT2D eigenvalue weighted by molar-refractivity contribution is 0.481. The van der Waals surface area contributed by atoms with Crippen LogP contribution in [-0.2, 0) is 10.1 Å². The molecule has 0 fully saturated rings. The summed E-state index contributed by atoms with van der Waals surface area (Å²) in [6.45, 7) is 1.81. The highest BCUT2D eigenvalue weighted by molar-refractivity contribution is 7.86. The standard InChI is InChI=1S/C23H21N3O4S/c1-15-12-13-22(31(28,29)30)20(14-15)26(25-18-9-3-2-8-17(18)24)19-10-4-6-16-7-5-11-21(27)23(16)19/h2-14,25,27H,24H2,1H3,(H,28,29,30). The zero-order chi connectivity index (χ0) is 22.2. The van der Waals surface area contributed by atoms with Crippen molar-refractivity contribution < 1.29 is 18.1 Å². The molecule has 0 aliphatic heterocycles. The Labute approximate surface area is 180 Å². The Morgan fingerprint density at radius 1 is 0.903 bits per heavy atom. The first-order valence-corrected chi connectivity index (χ1v) is 10.9. The van der Waals surface area contributed by atoms with E-state index in [9.17, 15) is 18.1 Å². The number of para-hydroxylation sites is 2. The largest absolute Gasteiger partial charge is 0.507 e. The second-order valence-corrected chi connectivity index (χ2v) is 8.52. The number of nitrogens with zero attached hydrogens (tertiary/aromatic N) is 1. The molecule has 0 amide bonds. The van der Waals surface area contributed by atoms with Gasteiger partial charge in [-0.25, -0.2) is 0 Å². The first-order chi connectivity index (χ1) is 14.8. The molecule has 4 rings (SSSR count). The third-order valence-corrected chi connectivity index (χ3v) is 5.83. The number of fused-ring (bicyclic) bond motifs is 1. The van der Waals surface area contributed by atoms with E-state index in [4.69, 9.17) is 5.73 Å². The average Bonchev–Trinajstić information content (AvgIpc) is 2.72. The lowest BCUT2D eigenvalue weighted by Gasteiger charge is -2.30. The Hall–Kier alpha value is -3.75. The van der Waals surface area contributed by atoms with E-state index in [1.54, 1.807) is 60.7 Å². The van der Waals surface area contributed by atoms with Gasteiger partial charge in [-0.15, -0.1) is 0 Å². The maximum Gasteiger partial charge on any atom is 0.296 e. The van der Waals surface area contributed by atoms with Crippen LogP contribution in [0.3, 0.4) is 0 Å². The molecule has 0 radical (unpaired) electrons. The topological polar surface area (TPSA) is 116 Å². The minimum absolute atomic E-state index is 0.0296. The van der Waals surface area contributed by atoms with Gasteiger partial charge in [0.25, 0.3) is 10.1 Å². The van der Waals surface area contributed by atoms with E-state index in [-0.39, 0.29) is 16.3 Å². The molecule has 0 saturated carbocycles. The lowest BCUT2D eigenvalue weighted by atomic mass is 10.1. The fraction of sp³-hybridized carbons (Fsp3) is 0.0435. The summed E-state index contributed by atoms with van der Waals surface area (Å²) in [6.07, 6.45) is 0. The summed E-state index contributed by atoms with van der Waals surface area (Å²) in [5.41, 5.74) is 11.7. The fourth-order valence-corrected chi connectivity index (χ4v) is 4.13.